The van der Waals surface area contributed by atoms with Crippen molar-refractivity contribution in [1.82, 2.24) is 5.16 Å². The summed E-state index contributed by atoms with van der Waals surface area (Å²) in [4.78, 5) is 27.5. The van der Waals surface area contributed by atoms with Crippen molar-refractivity contribution in [2.24, 2.45) is 0 Å². The molecule has 0 bridgehead atoms. The molecule has 0 radical (unpaired) electrons. The smallest absolute Gasteiger partial charge is 0.301 e. The number of carbonyl (C=O) groups excluding carboxylic acids is 2. The van der Waals surface area contributed by atoms with Crippen molar-refractivity contribution in [2.45, 2.75) is 19.6 Å². The highest BCUT2D eigenvalue weighted by molar-refractivity contribution is 6.51. The maximum Gasteiger partial charge on any atom is 0.301 e. The summed E-state index contributed by atoms with van der Waals surface area (Å²) in [5.41, 5.74) is 1.93. The Labute approximate surface area is 212 Å². The second-order valence-corrected chi connectivity index (χ2v) is 8.75. The summed E-state index contributed by atoms with van der Waals surface area (Å²) in [6.07, 6.45) is 0. The average Bonchev–Trinajstić information content (AvgIpc) is 3.44. The number of nitrogens with zero attached hydrogens (tertiary/aromatic N) is 2. The number of ether oxygens (including phenoxy) is 1. The SMILES string of the molecule is Cc1cc(N2C(=O)C(=O)/C(=C(/O)c3ccc(Cl)cc3)[C@@H]2c2ccc(OCc3ccccc3)cc2)no1. The second kappa shape index (κ2) is 9.71. The van der Waals surface area contributed by atoms with E-state index in [1.165, 1.54) is 4.90 Å². The van der Waals surface area contributed by atoms with Crippen LogP contribution in [0.4, 0.5) is 5.82 Å². The van der Waals surface area contributed by atoms with Gasteiger partial charge in [-0.3, -0.25) is 14.5 Å². The van der Waals surface area contributed by atoms with Gasteiger partial charge in [-0.05, 0) is 54.4 Å². The molecule has 0 aliphatic carbocycles. The molecule has 0 spiro atoms. The number of aliphatic hydroxyl groups is 1. The van der Waals surface area contributed by atoms with Crippen LogP contribution in [-0.4, -0.2) is 22.0 Å². The van der Waals surface area contributed by atoms with Crippen molar-refractivity contribution >= 4 is 34.9 Å². The molecule has 1 aliphatic heterocycles. The van der Waals surface area contributed by atoms with Crippen molar-refractivity contribution < 1.29 is 24.0 Å². The number of aromatic nitrogens is 1. The number of rotatable bonds is 6. The maximum absolute atomic E-state index is 13.2. The van der Waals surface area contributed by atoms with E-state index in [-0.39, 0.29) is 17.2 Å². The van der Waals surface area contributed by atoms with Gasteiger partial charge in [0.25, 0.3) is 5.78 Å². The van der Waals surface area contributed by atoms with Gasteiger partial charge in [0.2, 0.25) is 0 Å². The number of hydrogen-bond donors (Lipinski definition) is 1. The van der Waals surface area contributed by atoms with Crippen LogP contribution in [-0.2, 0) is 16.2 Å². The number of hydrogen-bond acceptors (Lipinski definition) is 6. The van der Waals surface area contributed by atoms with Crippen molar-refractivity contribution in [1.29, 1.82) is 0 Å². The summed E-state index contributed by atoms with van der Waals surface area (Å²) in [7, 11) is 0. The molecular formula is C28H21ClN2O5. The van der Waals surface area contributed by atoms with E-state index in [9.17, 15) is 14.7 Å². The lowest BCUT2D eigenvalue weighted by molar-refractivity contribution is -0.132. The average molecular weight is 501 g/mol. The van der Waals surface area contributed by atoms with Gasteiger partial charge in [0.1, 0.15) is 23.9 Å². The Morgan fingerprint density at radius 1 is 1.03 bits per heavy atom. The van der Waals surface area contributed by atoms with E-state index in [1.807, 2.05) is 30.3 Å². The van der Waals surface area contributed by atoms with Gasteiger partial charge in [-0.15, -0.1) is 0 Å². The highest BCUT2D eigenvalue weighted by Crippen LogP contribution is 2.42. The van der Waals surface area contributed by atoms with E-state index in [4.69, 9.17) is 20.9 Å². The Morgan fingerprint density at radius 3 is 2.36 bits per heavy atom. The van der Waals surface area contributed by atoms with Gasteiger partial charge >= 0.3 is 5.91 Å². The third kappa shape index (κ3) is 4.48. The maximum atomic E-state index is 13.2. The molecule has 1 amide bonds. The minimum Gasteiger partial charge on any atom is -0.507 e. The molecule has 0 unspecified atom stereocenters. The normalized spacial score (nSPS) is 16.9. The van der Waals surface area contributed by atoms with E-state index < -0.39 is 17.7 Å². The van der Waals surface area contributed by atoms with Crippen LogP contribution in [0.2, 0.25) is 5.02 Å². The van der Waals surface area contributed by atoms with E-state index >= 15 is 0 Å². The first-order valence-corrected chi connectivity index (χ1v) is 11.6. The van der Waals surface area contributed by atoms with Gasteiger partial charge in [0, 0.05) is 16.7 Å². The van der Waals surface area contributed by atoms with Crippen LogP contribution in [0.15, 0.2) is 95.0 Å². The first-order chi connectivity index (χ1) is 17.4. The summed E-state index contributed by atoms with van der Waals surface area (Å²) >= 11 is 5.98. The Bertz CT molecular complexity index is 1440. The van der Waals surface area contributed by atoms with Crippen LogP contribution in [0.1, 0.15) is 28.5 Å². The number of Topliss-reactive ketones (excluding diaryl/α,β-unsaturated/α-hetero) is 1. The fourth-order valence-corrected chi connectivity index (χ4v) is 4.23. The zero-order valence-corrected chi connectivity index (χ0v) is 20.0. The number of ketones is 1. The molecule has 5 rings (SSSR count). The molecule has 1 saturated heterocycles. The Morgan fingerprint density at radius 2 is 1.72 bits per heavy atom. The molecule has 2 heterocycles. The van der Waals surface area contributed by atoms with Crippen molar-refractivity contribution in [3.63, 3.8) is 0 Å². The number of aliphatic hydroxyl groups excluding tert-OH is 1. The fraction of sp³-hybridized carbons (Fsp3) is 0.107. The van der Waals surface area contributed by atoms with Crippen LogP contribution in [0.5, 0.6) is 5.75 Å². The number of halogens is 1. The highest BCUT2D eigenvalue weighted by atomic mass is 35.5. The van der Waals surface area contributed by atoms with Gasteiger partial charge in [-0.1, -0.05) is 59.2 Å². The first kappa shape index (κ1) is 23.4. The van der Waals surface area contributed by atoms with Gasteiger partial charge in [-0.25, -0.2) is 0 Å². The molecule has 4 aromatic rings. The molecule has 8 heteroatoms. The number of amides is 1. The van der Waals surface area contributed by atoms with E-state index in [2.05, 4.69) is 5.16 Å². The minimum atomic E-state index is -0.923. The molecule has 1 atom stereocenters. The Kier molecular flexibility index (Phi) is 6.31. The van der Waals surface area contributed by atoms with Crippen molar-refractivity contribution in [3.8, 4) is 5.75 Å². The summed E-state index contributed by atoms with van der Waals surface area (Å²) in [5.74, 6) is -0.658. The molecule has 180 valence electrons. The second-order valence-electron chi connectivity index (χ2n) is 8.32. The van der Waals surface area contributed by atoms with Crippen molar-refractivity contribution in [3.05, 3.63) is 118 Å². The first-order valence-electron chi connectivity index (χ1n) is 11.2. The predicted octanol–water partition coefficient (Wildman–Crippen LogP) is 5.84. The molecular weight excluding hydrogens is 480 g/mol. The molecule has 7 nitrogen and oxygen atoms in total. The monoisotopic (exact) mass is 500 g/mol. The standard InChI is InChI=1S/C28H21ClN2O5/c1-17-15-23(30-36-17)31-25(19-9-13-22(14-10-19)35-16-18-5-3-2-4-6-18)24(27(33)28(31)34)26(32)20-7-11-21(29)12-8-20/h2-15,25,32H,16H2,1H3/b26-24+/t25-/m0/s1. The third-order valence-electron chi connectivity index (χ3n) is 5.87. The largest absolute Gasteiger partial charge is 0.507 e. The summed E-state index contributed by atoms with van der Waals surface area (Å²) < 4.78 is 11.0. The molecule has 1 N–H and O–H groups in total. The Balaban J connectivity index is 1.54. The van der Waals surface area contributed by atoms with E-state index in [0.29, 0.717) is 34.3 Å². The third-order valence-corrected chi connectivity index (χ3v) is 6.12. The van der Waals surface area contributed by atoms with Crippen LogP contribution >= 0.6 is 11.6 Å². The van der Waals surface area contributed by atoms with Gasteiger partial charge in [0.05, 0.1) is 11.6 Å². The number of aryl methyl sites for hydroxylation is 1. The molecule has 1 aromatic heterocycles. The number of benzene rings is 3. The fourth-order valence-electron chi connectivity index (χ4n) is 4.10. The van der Waals surface area contributed by atoms with Crippen molar-refractivity contribution in [2.75, 3.05) is 4.90 Å². The lowest BCUT2D eigenvalue weighted by atomic mass is 9.95. The Hall–Kier alpha value is -4.36. The lowest BCUT2D eigenvalue weighted by Crippen LogP contribution is -2.29. The predicted molar refractivity (Wildman–Crippen MR) is 135 cm³/mol. The zero-order valence-electron chi connectivity index (χ0n) is 19.2. The molecule has 1 fully saturated rings. The quantitative estimate of drug-likeness (QED) is 0.203. The van der Waals surface area contributed by atoms with Gasteiger partial charge in [0.15, 0.2) is 5.82 Å². The van der Waals surface area contributed by atoms with Gasteiger partial charge < -0.3 is 14.4 Å². The minimum absolute atomic E-state index is 0.0547. The summed E-state index contributed by atoms with van der Waals surface area (Å²) in [5, 5.41) is 15.6. The van der Waals surface area contributed by atoms with E-state index in [0.717, 1.165) is 5.56 Å². The molecule has 0 saturated carbocycles. The van der Waals surface area contributed by atoms with Crippen LogP contribution in [0.3, 0.4) is 0 Å². The van der Waals surface area contributed by atoms with Crippen LogP contribution < -0.4 is 9.64 Å². The van der Waals surface area contributed by atoms with Crippen LogP contribution in [0.25, 0.3) is 5.76 Å². The summed E-state index contributed by atoms with van der Waals surface area (Å²) in [6, 6.07) is 23.8. The molecule has 3 aromatic carbocycles. The van der Waals surface area contributed by atoms with E-state index in [1.54, 1.807) is 61.5 Å². The van der Waals surface area contributed by atoms with Crippen LogP contribution in [0, 0.1) is 6.92 Å². The van der Waals surface area contributed by atoms with Gasteiger partial charge in [-0.2, -0.15) is 0 Å². The molecule has 1 aliphatic rings. The lowest BCUT2D eigenvalue weighted by Gasteiger charge is -2.23. The number of carbonyl (C=O) groups is 2. The zero-order chi connectivity index (χ0) is 25.2. The topological polar surface area (TPSA) is 92.9 Å². The highest BCUT2D eigenvalue weighted by Gasteiger charge is 2.48. The molecule has 36 heavy (non-hydrogen) atoms. The number of anilines is 1. The summed E-state index contributed by atoms with van der Waals surface area (Å²) in [6.45, 7) is 2.09.